The predicted octanol–water partition coefficient (Wildman–Crippen LogP) is 3.16. The van der Waals surface area contributed by atoms with E-state index in [4.69, 9.17) is 9.47 Å². The molecule has 1 N–H and O–H groups in total. The summed E-state index contributed by atoms with van der Waals surface area (Å²) < 4.78 is 10.1. The first-order valence-electron chi connectivity index (χ1n) is 7.23. The van der Waals surface area contributed by atoms with Crippen LogP contribution in [0.5, 0.6) is 0 Å². The summed E-state index contributed by atoms with van der Waals surface area (Å²) in [4.78, 5) is 22.8. The van der Waals surface area contributed by atoms with Gasteiger partial charge in [0, 0.05) is 12.6 Å². The minimum absolute atomic E-state index is 0.244. The minimum Gasteiger partial charge on any atom is -0.462 e. The highest BCUT2D eigenvalue weighted by atomic mass is 16.6. The van der Waals surface area contributed by atoms with Gasteiger partial charge in [-0.05, 0) is 38.8 Å². The topological polar surface area (TPSA) is 64.6 Å². The quantitative estimate of drug-likeness (QED) is 0.498. The van der Waals surface area contributed by atoms with Gasteiger partial charge in [-0.15, -0.1) is 0 Å². The summed E-state index contributed by atoms with van der Waals surface area (Å²) in [7, 11) is 0. The van der Waals surface area contributed by atoms with E-state index in [1.165, 1.54) is 6.08 Å². The second-order valence-electron chi connectivity index (χ2n) is 5.69. The van der Waals surface area contributed by atoms with Crippen molar-refractivity contribution >= 4 is 18.1 Å². The summed E-state index contributed by atoms with van der Waals surface area (Å²) in [6.45, 7) is 6.03. The maximum Gasteiger partial charge on any atom is 0.407 e. The zero-order valence-corrected chi connectivity index (χ0v) is 13.3. The summed E-state index contributed by atoms with van der Waals surface area (Å²) in [5, 5.41) is 2.60. The average Bonchev–Trinajstić information content (AvgIpc) is 2.44. The van der Waals surface area contributed by atoms with Crippen molar-refractivity contribution in [2.24, 2.45) is 0 Å². The van der Waals surface area contributed by atoms with Crippen molar-refractivity contribution in [2.45, 2.75) is 32.8 Å². The molecule has 5 heteroatoms. The molecule has 0 saturated carbocycles. The molecule has 0 fully saturated rings. The molecule has 0 spiro atoms. The fourth-order valence-corrected chi connectivity index (χ4v) is 1.53. The van der Waals surface area contributed by atoms with Crippen LogP contribution in [0.15, 0.2) is 36.4 Å². The number of benzene rings is 1. The molecule has 5 nitrogen and oxygen atoms in total. The molecule has 120 valence electrons. The standard InChI is InChI=1S/C17H23NO4/c1-17(2,3)22-16(20)18-12-7-13-21-15(19)11-10-14-8-5-4-6-9-14/h4-6,8-11H,7,12-13H2,1-3H3,(H,18,20). The average molecular weight is 305 g/mol. The molecule has 0 aromatic heterocycles. The van der Waals surface area contributed by atoms with Crippen molar-refractivity contribution in [1.82, 2.24) is 5.32 Å². The molecule has 0 bridgehead atoms. The van der Waals surface area contributed by atoms with Gasteiger partial charge in [0.1, 0.15) is 5.60 Å². The van der Waals surface area contributed by atoms with Gasteiger partial charge >= 0.3 is 12.1 Å². The number of alkyl carbamates (subject to hydrolysis) is 1. The summed E-state index contributed by atoms with van der Waals surface area (Å²) >= 11 is 0. The molecule has 1 rings (SSSR count). The van der Waals surface area contributed by atoms with Crippen molar-refractivity contribution < 1.29 is 19.1 Å². The number of amides is 1. The fourth-order valence-electron chi connectivity index (χ4n) is 1.53. The number of esters is 1. The molecule has 0 radical (unpaired) electrons. The monoisotopic (exact) mass is 305 g/mol. The summed E-state index contributed by atoms with van der Waals surface area (Å²) in [6, 6.07) is 9.50. The smallest absolute Gasteiger partial charge is 0.407 e. The number of hydrogen-bond donors (Lipinski definition) is 1. The Morgan fingerprint density at radius 1 is 1.18 bits per heavy atom. The van der Waals surface area contributed by atoms with E-state index >= 15 is 0 Å². The molecule has 0 heterocycles. The van der Waals surface area contributed by atoms with E-state index in [9.17, 15) is 9.59 Å². The van der Waals surface area contributed by atoms with Crippen LogP contribution in [0.4, 0.5) is 4.79 Å². The molecular weight excluding hydrogens is 282 g/mol. The molecule has 1 amide bonds. The SMILES string of the molecule is CC(C)(C)OC(=O)NCCCOC(=O)C=Cc1ccccc1. The lowest BCUT2D eigenvalue weighted by atomic mass is 10.2. The summed E-state index contributed by atoms with van der Waals surface area (Å²) in [5.74, 6) is -0.402. The van der Waals surface area contributed by atoms with Crippen molar-refractivity contribution in [3.05, 3.63) is 42.0 Å². The lowest BCUT2D eigenvalue weighted by Gasteiger charge is -2.19. The van der Waals surface area contributed by atoms with Gasteiger partial charge in [0.15, 0.2) is 0 Å². The van der Waals surface area contributed by atoms with Gasteiger partial charge in [0.25, 0.3) is 0 Å². The van der Waals surface area contributed by atoms with E-state index in [2.05, 4.69) is 5.32 Å². The second kappa shape index (κ2) is 8.87. The van der Waals surface area contributed by atoms with Crippen LogP contribution in [-0.2, 0) is 14.3 Å². The second-order valence-corrected chi connectivity index (χ2v) is 5.69. The normalized spacial score (nSPS) is 11.2. The maximum atomic E-state index is 11.5. The molecule has 0 aliphatic carbocycles. The molecule has 0 unspecified atom stereocenters. The van der Waals surface area contributed by atoms with Crippen molar-refractivity contribution in [3.8, 4) is 0 Å². The molecular formula is C17H23NO4. The Kier molecular flexibility index (Phi) is 7.16. The van der Waals surface area contributed by atoms with Gasteiger partial charge < -0.3 is 14.8 Å². The van der Waals surface area contributed by atoms with Crippen LogP contribution in [-0.4, -0.2) is 30.8 Å². The highest BCUT2D eigenvalue weighted by molar-refractivity contribution is 5.87. The molecule has 0 saturated heterocycles. The first-order chi connectivity index (χ1) is 10.4. The highest BCUT2D eigenvalue weighted by Gasteiger charge is 2.15. The van der Waals surface area contributed by atoms with E-state index in [1.54, 1.807) is 26.8 Å². The number of carbonyl (C=O) groups is 2. The third-order valence-electron chi connectivity index (χ3n) is 2.45. The Morgan fingerprint density at radius 3 is 2.50 bits per heavy atom. The Morgan fingerprint density at radius 2 is 1.86 bits per heavy atom. The van der Waals surface area contributed by atoms with Crippen LogP contribution in [0.3, 0.4) is 0 Å². The Bertz CT molecular complexity index is 503. The first-order valence-corrected chi connectivity index (χ1v) is 7.23. The third kappa shape index (κ3) is 8.79. The number of hydrogen-bond acceptors (Lipinski definition) is 4. The van der Waals surface area contributed by atoms with Crippen LogP contribution >= 0.6 is 0 Å². The van der Waals surface area contributed by atoms with E-state index < -0.39 is 17.7 Å². The largest absolute Gasteiger partial charge is 0.462 e. The van der Waals surface area contributed by atoms with Gasteiger partial charge in [-0.25, -0.2) is 9.59 Å². The van der Waals surface area contributed by atoms with Crippen molar-refractivity contribution in [3.63, 3.8) is 0 Å². The predicted molar refractivity (Wildman–Crippen MR) is 85.3 cm³/mol. The zero-order chi connectivity index (χ0) is 16.4. The van der Waals surface area contributed by atoms with Gasteiger partial charge in [0.05, 0.1) is 6.61 Å². The lowest BCUT2D eigenvalue weighted by Crippen LogP contribution is -2.33. The summed E-state index contributed by atoms with van der Waals surface area (Å²) in [5.41, 5.74) is 0.421. The molecule has 1 aromatic carbocycles. The van der Waals surface area contributed by atoms with Gasteiger partial charge in [-0.3, -0.25) is 0 Å². The fraction of sp³-hybridized carbons (Fsp3) is 0.412. The molecule has 1 aromatic rings. The number of rotatable bonds is 6. The van der Waals surface area contributed by atoms with Crippen LogP contribution < -0.4 is 5.32 Å². The van der Waals surface area contributed by atoms with E-state index in [1.807, 2.05) is 30.3 Å². The van der Waals surface area contributed by atoms with E-state index in [0.717, 1.165) is 5.56 Å². The van der Waals surface area contributed by atoms with Crippen LogP contribution in [0, 0.1) is 0 Å². The lowest BCUT2D eigenvalue weighted by molar-refractivity contribution is -0.137. The van der Waals surface area contributed by atoms with Crippen LogP contribution in [0.1, 0.15) is 32.8 Å². The highest BCUT2D eigenvalue weighted by Crippen LogP contribution is 2.06. The van der Waals surface area contributed by atoms with Crippen LogP contribution in [0.2, 0.25) is 0 Å². The van der Waals surface area contributed by atoms with Crippen LogP contribution in [0.25, 0.3) is 6.08 Å². The van der Waals surface area contributed by atoms with Crippen molar-refractivity contribution in [1.29, 1.82) is 0 Å². The Balaban J connectivity index is 2.13. The zero-order valence-electron chi connectivity index (χ0n) is 13.3. The molecule has 22 heavy (non-hydrogen) atoms. The number of nitrogens with one attached hydrogen (secondary N) is 1. The molecule has 0 aliphatic heterocycles. The maximum absolute atomic E-state index is 11.5. The number of carbonyl (C=O) groups excluding carboxylic acids is 2. The van der Waals surface area contributed by atoms with Gasteiger partial charge in [0.2, 0.25) is 0 Å². The molecule has 0 aliphatic rings. The Hall–Kier alpha value is -2.30. The van der Waals surface area contributed by atoms with E-state index in [-0.39, 0.29) is 6.61 Å². The van der Waals surface area contributed by atoms with Gasteiger partial charge in [-0.1, -0.05) is 30.3 Å². The first kappa shape index (κ1) is 17.8. The van der Waals surface area contributed by atoms with Gasteiger partial charge in [-0.2, -0.15) is 0 Å². The number of ether oxygens (including phenoxy) is 2. The third-order valence-corrected chi connectivity index (χ3v) is 2.45. The molecule has 0 atom stereocenters. The van der Waals surface area contributed by atoms with Crippen molar-refractivity contribution in [2.75, 3.05) is 13.2 Å². The minimum atomic E-state index is -0.515. The van der Waals surface area contributed by atoms with E-state index in [0.29, 0.717) is 13.0 Å². The Labute approximate surface area is 131 Å². The summed E-state index contributed by atoms with van der Waals surface area (Å²) in [6.07, 6.45) is 3.14.